The summed E-state index contributed by atoms with van der Waals surface area (Å²) in [6.45, 7) is 9.21. The van der Waals surface area contributed by atoms with Gasteiger partial charge in [0, 0.05) is 13.1 Å². The molecule has 1 rings (SSSR count). The molecule has 3 nitrogen and oxygen atoms in total. The smallest absolute Gasteiger partial charge is 0.0820 e. The molecular formula is C11H19N3. The number of nitrogens with one attached hydrogen (secondary N) is 1. The molecule has 0 atom stereocenters. The molecule has 3 N–H and O–H groups in total. The molecule has 1 heterocycles. The van der Waals surface area contributed by atoms with E-state index in [0.717, 1.165) is 19.5 Å². The second-order valence-electron chi connectivity index (χ2n) is 2.81. The van der Waals surface area contributed by atoms with Gasteiger partial charge in [-0.15, -0.1) is 0 Å². The van der Waals surface area contributed by atoms with Crippen LogP contribution in [-0.2, 0) is 0 Å². The van der Waals surface area contributed by atoms with Gasteiger partial charge in [0.05, 0.1) is 6.34 Å². The lowest BCUT2D eigenvalue weighted by atomic mass is 10.0. The summed E-state index contributed by atoms with van der Waals surface area (Å²) >= 11 is 0. The van der Waals surface area contributed by atoms with Gasteiger partial charge >= 0.3 is 0 Å². The maximum atomic E-state index is 7.10. The molecule has 1 aliphatic rings. The summed E-state index contributed by atoms with van der Waals surface area (Å²) in [4.78, 5) is 1.96. The third kappa shape index (κ3) is 3.18. The topological polar surface area (TPSA) is 53.1 Å². The van der Waals surface area contributed by atoms with Gasteiger partial charge in [-0.2, -0.15) is 0 Å². The highest BCUT2D eigenvalue weighted by atomic mass is 15.1. The minimum atomic E-state index is 0.800. The van der Waals surface area contributed by atoms with Crippen molar-refractivity contribution in [1.82, 2.24) is 4.90 Å². The van der Waals surface area contributed by atoms with Crippen molar-refractivity contribution < 1.29 is 0 Å². The van der Waals surface area contributed by atoms with Gasteiger partial charge in [0.15, 0.2) is 0 Å². The van der Waals surface area contributed by atoms with E-state index in [1.807, 2.05) is 17.1 Å². The van der Waals surface area contributed by atoms with Crippen molar-refractivity contribution in [2.24, 2.45) is 5.73 Å². The Morgan fingerprint density at radius 1 is 1.29 bits per heavy atom. The first-order valence-corrected chi connectivity index (χ1v) is 4.61. The summed E-state index contributed by atoms with van der Waals surface area (Å²) in [5, 5.41) is 7.10. The van der Waals surface area contributed by atoms with E-state index in [4.69, 9.17) is 5.41 Å². The first-order chi connectivity index (χ1) is 6.81. The Labute approximate surface area is 86.1 Å². The fourth-order valence-electron chi connectivity index (χ4n) is 1.36. The molecule has 3 heteroatoms. The van der Waals surface area contributed by atoms with E-state index in [0.29, 0.717) is 0 Å². The molecule has 0 fully saturated rings. The van der Waals surface area contributed by atoms with Crippen molar-refractivity contribution in [2.45, 2.75) is 6.42 Å². The highest BCUT2D eigenvalue weighted by Gasteiger charge is 2.11. The normalized spacial score (nSPS) is 15.4. The van der Waals surface area contributed by atoms with Crippen LogP contribution in [0.5, 0.6) is 0 Å². The zero-order chi connectivity index (χ0) is 11.0. The fraction of sp³-hybridized carbons (Fsp3) is 0.364. The van der Waals surface area contributed by atoms with Crippen molar-refractivity contribution in [3.05, 3.63) is 36.5 Å². The Kier molecular flexibility index (Phi) is 6.41. The minimum Gasteiger partial charge on any atom is -0.358 e. The largest absolute Gasteiger partial charge is 0.358 e. The second-order valence-corrected chi connectivity index (χ2v) is 2.81. The van der Waals surface area contributed by atoms with Gasteiger partial charge < -0.3 is 10.6 Å². The summed E-state index contributed by atoms with van der Waals surface area (Å²) in [6.07, 6.45) is 6.09. The molecule has 0 aliphatic carbocycles. The van der Waals surface area contributed by atoms with Gasteiger partial charge in [-0.25, -0.2) is 0 Å². The van der Waals surface area contributed by atoms with Crippen molar-refractivity contribution in [3.63, 3.8) is 0 Å². The van der Waals surface area contributed by atoms with Crippen LogP contribution in [0.4, 0.5) is 0 Å². The number of allylic oxidation sites excluding steroid dienone is 1. The van der Waals surface area contributed by atoms with E-state index < -0.39 is 0 Å². The molecule has 0 saturated heterocycles. The third-order valence-electron chi connectivity index (χ3n) is 2.13. The maximum Gasteiger partial charge on any atom is 0.0820 e. The number of nitrogens with zero attached hydrogens (tertiary/aromatic N) is 1. The van der Waals surface area contributed by atoms with Gasteiger partial charge in [0.1, 0.15) is 0 Å². The van der Waals surface area contributed by atoms with Crippen LogP contribution in [0.15, 0.2) is 36.5 Å². The summed E-state index contributed by atoms with van der Waals surface area (Å²) in [5.74, 6) is 0. The van der Waals surface area contributed by atoms with Crippen LogP contribution in [0.2, 0.25) is 0 Å². The Bertz CT molecular complexity index is 241. The average Bonchev–Trinajstić information content (AvgIpc) is 2.30. The molecule has 0 bridgehead atoms. The molecule has 14 heavy (non-hydrogen) atoms. The highest BCUT2D eigenvalue weighted by Crippen LogP contribution is 2.18. The summed E-state index contributed by atoms with van der Waals surface area (Å²) in [5.41, 5.74) is 6.96. The molecule has 0 aromatic heterocycles. The average molecular weight is 193 g/mol. The van der Waals surface area contributed by atoms with Crippen LogP contribution < -0.4 is 5.73 Å². The molecule has 0 unspecified atom stereocenters. The SMILES string of the molecule is C=CC1=C(C=C)CN(C=N)CC1.CN. The van der Waals surface area contributed by atoms with Crippen molar-refractivity contribution in [1.29, 1.82) is 5.41 Å². The Hall–Kier alpha value is -1.35. The Morgan fingerprint density at radius 3 is 2.29 bits per heavy atom. The lowest BCUT2D eigenvalue weighted by Gasteiger charge is -2.26. The number of rotatable bonds is 3. The monoisotopic (exact) mass is 193 g/mol. The predicted molar refractivity (Wildman–Crippen MR) is 62.5 cm³/mol. The zero-order valence-corrected chi connectivity index (χ0v) is 8.79. The van der Waals surface area contributed by atoms with Crippen LogP contribution in [0.3, 0.4) is 0 Å². The standard InChI is InChI=1S/C10H14N2.CH5N/c1-3-9-5-6-12(8-11)7-10(9)4-2;1-2/h3-4,8,11H,1-2,5-7H2;2H2,1H3. The van der Waals surface area contributed by atoms with Crippen LogP contribution >= 0.6 is 0 Å². The highest BCUT2D eigenvalue weighted by molar-refractivity contribution is 5.53. The summed E-state index contributed by atoms with van der Waals surface area (Å²) < 4.78 is 0. The van der Waals surface area contributed by atoms with Crippen LogP contribution in [-0.4, -0.2) is 31.4 Å². The lowest BCUT2D eigenvalue weighted by Crippen LogP contribution is -2.29. The molecule has 0 aromatic carbocycles. The molecule has 0 amide bonds. The van der Waals surface area contributed by atoms with Gasteiger partial charge in [-0.05, 0) is 24.6 Å². The van der Waals surface area contributed by atoms with Crippen LogP contribution in [0.25, 0.3) is 0 Å². The lowest BCUT2D eigenvalue weighted by molar-refractivity contribution is 0.449. The molecule has 0 spiro atoms. The number of hydrogen-bond acceptors (Lipinski definition) is 2. The Balaban J connectivity index is 0.000000791. The van der Waals surface area contributed by atoms with Crippen LogP contribution in [0, 0.1) is 5.41 Å². The van der Waals surface area contributed by atoms with Crippen LogP contribution in [0.1, 0.15) is 6.42 Å². The van der Waals surface area contributed by atoms with Gasteiger partial charge in [0.2, 0.25) is 0 Å². The molecule has 0 saturated carbocycles. The zero-order valence-electron chi connectivity index (χ0n) is 8.79. The first-order valence-electron chi connectivity index (χ1n) is 4.61. The van der Waals surface area contributed by atoms with Gasteiger partial charge in [-0.3, -0.25) is 5.41 Å². The van der Waals surface area contributed by atoms with E-state index in [9.17, 15) is 0 Å². The second kappa shape index (κ2) is 7.09. The van der Waals surface area contributed by atoms with E-state index in [-0.39, 0.29) is 0 Å². The van der Waals surface area contributed by atoms with E-state index in [1.54, 1.807) is 0 Å². The van der Waals surface area contributed by atoms with Crippen molar-refractivity contribution >= 4 is 6.34 Å². The predicted octanol–water partition coefficient (Wildman–Crippen LogP) is 1.54. The quantitative estimate of drug-likeness (QED) is 0.527. The van der Waals surface area contributed by atoms with E-state index in [2.05, 4.69) is 18.9 Å². The molecular weight excluding hydrogens is 174 g/mol. The summed E-state index contributed by atoms with van der Waals surface area (Å²) in [6, 6.07) is 0. The maximum absolute atomic E-state index is 7.10. The first kappa shape index (κ1) is 12.7. The summed E-state index contributed by atoms with van der Waals surface area (Å²) in [7, 11) is 1.50. The molecule has 0 aromatic rings. The Morgan fingerprint density at radius 2 is 1.86 bits per heavy atom. The van der Waals surface area contributed by atoms with Gasteiger partial charge in [-0.1, -0.05) is 25.3 Å². The third-order valence-corrected chi connectivity index (χ3v) is 2.13. The van der Waals surface area contributed by atoms with E-state index in [1.165, 1.54) is 24.5 Å². The molecule has 78 valence electrons. The minimum absolute atomic E-state index is 0.800. The van der Waals surface area contributed by atoms with Gasteiger partial charge in [0.25, 0.3) is 0 Å². The fourth-order valence-corrected chi connectivity index (χ4v) is 1.36. The van der Waals surface area contributed by atoms with E-state index >= 15 is 0 Å². The number of hydrogen-bond donors (Lipinski definition) is 2. The molecule has 1 aliphatic heterocycles. The molecule has 0 radical (unpaired) electrons. The van der Waals surface area contributed by atoms with Crippen molar-refractivity contribution in [2.75, 3.05) is 20.1 Å². The van der Waals surface area contributed by atoms with Crippen molar-refractivity contribution in [3.8, 4) is 0 Å². The number of nitrogens with two attached hydrogens (primary N) is 1.